The molecule has 2 aromatic rings. The van der Waals surface area contributed by atoms with Crippen LogP contribution in [0.4, 0.5) is 5.69 Å². The average molecular weight is 380 g/mol. The van der Waals surface area contributed by atoms with Crippen molar-refractivity contribution < 1.29 is 14.5 Å². The van der Waals surface area contributed by atoms with Gasteiger partial charge in [0.05, 0.1) is 4.92 Å². The molecule has 0 bridgehead atoms. The van der Waals surface area contributed by atoms with Gasteiger partial charge in [0.2, 0.25) is 5.78 Å². The van der Waals surface area contributed by atoms with E-state index in [9.17, 15) is 19.7 Å². The van der Waals surface area contributed by atoms with E-state index in [1.807, 2.05) is 19.1 Å². The summed E-state index contributed by atoms with van der Waals surface area (Å²) in [5.74, 6) is -0.663. The van der Waals surface area contributed by atoms with E-state index in [1.54, 1.807) is 12.1 Å². The van der Waals surface area contributed by atoms with Gasteiger partial charge in [0, 0.05) is 11.6 Å². The molecule has 1 aliphatic rings. The molecule has 1 unspecified atom stereocenters. The van der Waals surface area contributed by atoms with Crippen molar-refractivity contribution in [1.82, 2.24) is 5.32 Å². The predicted molar refractivity (Wildman–Crippen MR) is 107 cm³/mol. The summed E-state index contributed by atoms with van der Waals surface area (Å²) in [5.41, 5.74) is -0.319. The van der Waals surface area contributed by atoms with E-state index in [2.05, 4.69) is 19.2 Å². The van der Waals surface area contributed by atoms with E-state index in [0.717, 1.165) is 18.4 Å². The molecule has 0 aromatic heterocycles. The molecule has 0 heterocycles. The lowest BCUT2D eigenvalue weighted by Gasteiger charge is -2.28. The second-order valence-corrected chi connectivity index (χ2v) is 7.42. The van der Waals surface area contributed by atoms with E-state index in [0.29, 0.717) is 18.0 Å². The Labute approximate surface area is 164 Å². The SMILES string of the molecule is CCCCNC1(c2ccc(C(C)C)cc2)C(=O)c2cccc([N+](=O)[O-])c2C1=O. The number of nitrogens with zero attached hydrogens (tertiary/aromatic N) is 1. The molecule has 0 saturated heterocycles. The molecule has 0 radical (unpaired) electrons. The quantitative estimate of drug-likeness (QED) is 0.333. The third-order valence-corrected chi connectivity index (χ3v) is 5.32. The number of hydrogen-bond acceptors (Lipinski definition) is 5. The fourth-order valence-corrected chi connectivity index (χ4v) is 3.71. The highest BCUT2D eigenvalue weighted by atomic mass is 16.6. The number of rotatable bonds is 7. The van der Waals surface area contributed by atoms with Crippen LogP contribution in [0.25, 0.3) is 0 Å². The van der Waals surface area contributed by atoms with Gasteiger partial charge in [-0.25, -0.2) is 0 Å². The highest BCUT2D eigenvalue weighted by Gasteiger charge is 2.56. The number of fused-ring (bicyclic) bond motifs is 1. The Hall–Kier alpha value is -2.86. The zero-order chi connectivity index (χ0) is 20.5. The number of unbranched alkanes of at least 4 members (excludes halogenated alkanes) is 1. The molecule has 0 saturated carbocycles. The van der Waals surface area contributed by atoms with E-state index in [1.165, 1.54) is 18.2 Å². The number of carbonyl (C=O) groups is 2. The van der Waals surface area contributed by atoms with E-state index >= 15 is 0 Å². The van der Waals surface area contributed by atoms with Gasteiger partial charge in [0.15, 0.2) is 11.3 Å². The maximum absolute atomic E-state index is 13.5. The molecular weight excluding hydrogens is 356 g/mol. The number of nitro benzene ring substituents is 1. The standard InChI is InChI=1S/C22H24N2O4/c1-4-5-13-23-22(16-11-9-15(10-12-16)14(2)3)20(25)17-7-6-8-18(24(27)28)19(17)21(22)26/h6-12,14,23H,4-5,13H2,1-3H3. The summed E-state index contributed by atoms with van der Waals surface area (Å²) in [4.78, 5) is 37.8. The lowest BCUT2D eigenvalue weighted by Crippen LogP contribution is -2.52. The van der Waals surface area contributed by atoms with Crippen LogP contribution in [0.1, 0.15) is 71.4 Å². The number of hydrogen-bond donors (Lipinski definition) is 1. The Bertz CT molecular complexity index is 934. The van der Waals surface area contributed by atoms with E-state index < -0.39 is 22.0 Å². The maximum atomic E-state index is 13.5. The minimum Gasteiger partial charge on any atom is -0.294 e. The van der Waals surface area contributed by atoms with Crippen LogP contribution in [0, 0.1) is 10.1 Å². The molecule has 6 nitrogen and oxygen atoms in total. The molecule has 1 N–H and O–H groups in total. The number of Topliss-reactive ketones (excluding diaryl/α,β-unsaturated/α-hetero) is 2. The van der Waals surface area contributed by atoms with Crippen molar-refractivity contribution in [3.8, 4) is 0 Å². The number of carbonyl (C=O) groups excluding carboxylic acids is 2. The van der Waals surface area contributed by atoms with E-state index in [-0.39, 0.29) is 16.8 Å². The van der Waals surface area contributed by atoms with Crippen LogP contribution in [0.5, 0.6) is 0 Å². The highest BCUT2D eigenvalue weighted by Crippen LogP contribution is 2.41. The summed E-state index contributed by atoms with van der Waals surface area (Å²) < 4.78 is 0. The highest BCUT2D eigenvalue weighted by molar-refractivity contribution is 6.34. The maximum Gasteiger partial charge on any atom is 0.281 e. The first-order chi connectivity index (χ1) is 13.3. The second-order valence-electron chi connectivity index (χ2n) is 7.42. The molecule has 28 heavy (non-hydrogen) atoms. The van der Waals surface area contributed by atoms with Crippen molar-refractivity contribution in [3.63, 3.8) is 0 Å². The Morgan fingerprint density at radius 3 is 2.32 bits per heavy atom. The van der Waals surface area contributed by atoms with Crippen LogP contribution >= 0.6 is 0 Å². The van der Waals surface area contributed by atoms with Crippen LogP contribution in [0.2, 0.25) is 0 Å². The minimum atomic E-state index is -1.61. The molecule has 0 aliphatic heterocycles. The number of nitrogens with one attached hydrogen (secondary N) is 1. The predicted octanol–water partition coefficient (Wildman–Crippen LogP) is 4.38. The van der Waals surface area contributed by atoms with Gasteiger partial charge in [-0.05, 0) is 30.0 Å². The summed E-state index contributed by atoms with van der Waals surface area (Å²) >= 11 is 0. The first-order valence-electron chi connectivity index (χ1n) is 9.57. The van der Waals surface area contributed by atoms with Crippen LogP contribution < -0.4 is 5.32 Å². The Morgan fingerprint density at radius 1 is 1.07 bits per heavy atom. The molecule has 1 aliphatic carbocycles. The van der Waals surface area contributed by atoms with Gasteiger partial charge in [-0.15, -0.1) is 0 Å². The van der Waals surface area contributed by atoms with Crippen molar-refractivity contribution in [2.45, 2.75) is 45.1 Å². The fraction of sp³-hybridized carbons (Fsp3) is 0.364. The normalized spacial score (nSPS) is 18.6. The first-order valence-corrected chi connectivity index (χ1v) is 9.57. The van der Waals surface area contributed by atoms with E-state index in [4.69, 9.17) is 0 Å². The van der Waals surface area contributed by atoms with Crippen LogP contribution in [-0.4, -0.2) is 23.0 Å². The van der Waals surface area contributed by atoms with Gasteiger partial charge in [-0.3, -0.25) is 25.0 Å². The van der Waals surface area contributed by atoms with Crippen LogP contribution in [0.3, 0.4) is 0 Å². The Morgan fingerprint density at radius 2 is 1.75 bits per heavy atom. The molecule has 2 aromatic carbocycles. The lowest BCUT2D eigenvalue weighted by molar-refractivity contribution is -0.385. The fourth-order valence-electron chi connectivity index (χ4n) is 3.71. The van der Waals surface area contributed by atoms with Gasteiger partial charge in [-0.1, -0.05) is 63.6 Å². The molecule has 146 valence electrons. The second kappa shape index (κ2) is 7.64. The van der Waals surface area contributed by atoms with Crippen LogP contribution in [-0.2, 0) is 5.54 Å². The lowest BCUT2D eigenvalue weighted by atomic mass is 9.83. The van der Waals surface area contributed by atoms with Crippen molar-refractivity contribution in [2.24, 2.45) is 0 Å². The largest absolute Gasteiger partial charge is 0.294 e. The third-order valence-electron chi connectivity index (χ3n) is 5.32. The molecular formula is C22H24N2O4. The topological polar surface area (TPSA) is 89.3 Å². The number of ketones is 2. The minimum absolute atomic E-state index is 0.102. The van der Waals surface area contributed by atoms with Gasteiger partial charge in [0.25, 0.3) is 5.69 Å². The molecule has 0 amide bonds. The van der Waals surface area contributed by atoms with Crippen molar-refractivity contribution in [1.29, 1.82) is 0 Å². The Kier molecular flexibility index (Phi) is 5.42. The number of nitro groups is 1. The monoisotopic (exact) mass is 380 g/mol. The van der Waals surface area contributed by atoms with Crippen molar-refractivity contribution in [2.75, 3.05) is 6.54 Å². The summed E-state index contributed by atoms with van der Waals surface area (Å²) in [6.07, 6.45) is 1.68. The molecule has 6 heteroatoms. The molecule has 0 spiro atoms. The van der Waals surface area contributed by atoms with Gasteiger partial charge < -0.3 is 0 Å². The van der Waals surface area contributed by atoms with Gasteiger partial charge >= 0.3 is 0 Å². The van der Waals surface area contributed by atoms with Crippen LogP contribution in [0.15, 0.2) is 42.5 Å². The summed E-state index contributed by atoms with van der Waals surface area (Å²) in [6, 6.07) is 11.6. The zero-order valence-corrected chi connectivity index (χ0v) is 16.3. The molecule has 3 rings (SSSR count). The summed E-state index contributed by atoms with van der Waals surface area (Å²) in [7, 11) is 0. The Balaban J connectivity index is 2.17. The molecule has 1 atom stereocenters. The smallest absolute Gasteiger partial charge is 0.281 e. The van der Waals surface area contributed by atoms with Crippen molar-refractivity contribution in [3.05, 3.63) is 74.8 Å². The number of benzene rings is 2. The molecule has 0 fully saturated rings. The third kappa shape index (κ3) is 3.03. The first kappa shape index (κ1) is 19.9. The van der Waals surface area contributed by atoms with Gasteiger partial charge in [0.1, 0.15) is 5.56 Å². The average Bonchev–Trinajstić information content (AvgIpc) is 2.90. The summed E-state index contributed by atoms with van der Waals surface area (Å²) in [6.45, 7) is 6.61. The van der Waals surface area contributed by atoms with Crippen molar-refractivity contribution >= 4 is 17.3 Å². The summed E-state index contributed by atoms with van der Waals surface area (Å²) in [5, 5.41) is 14.6. The van der Waals surface area contributed by atoms with Gasteiger partial charge in [-0.2, -0.15) is 0 Å². The zero-order valence-electron chi connectivity index (χ0n) is 16.3.